The van der Waals surface area contributed by atoms with E-state index in [-0.39, 0.29) is 12.7 Å². The molecule has 0 spiro atoms. The molecule has 1 aromatic rings. The largest absolute Gasteiger partial charge is 0.454 e. The summed E-state index contributed by atoms with van der Waals surface area (Å²) < 4.78 is 10.6. The van der Waals surface area contributed by atoms with Gasteiger partial charge in [-0.15, -0.1) is 0 Å². The van der Waals surface area contributed by atoms with Crippen LogP contribution in [0.15, 0.2) is 18.2 Å². The molecule has 1 aliphatic carbocycles. The number of rotatable bonds is 4. The fourth-order valence-corrected chi connectivity index (χ4v) is 2.82. The van der Waals surface area contributed by atoms with Crippen molar-refractivity contribution in [3.8, 4) is 11.5 Å². The molecule has 0 saturated heterocycles. The third-order valence-corrected chi connectivity index (χ3v) is 4.08. The van der Waals surface area contributed by atoms with Gasteiger partial charge in [-0.25, -0.2) is 0 Å². The monoisotopic (exact) mass is 325 g/mol. The van der Waals surface area contributed by atoms with Crippen LogP contribution in [0.2, 0.25) is 0 Å². The van der Waals surface area contributed by atoms with Crippen LogP contribution < -0.4 is 9.47 Å². The zero-order valence-corrected chi connectivity index (χ0v) is 12.2. The molecule has 1 amide bonds. The van der Waals surface area contributed by atoms with Crippen molar-refractivity contribution in [1.29, 1.82) is 0 Å². The van der Waals surface area contributed by atoms with Crippen LogP contribution in [-0.4, -0.2) is 35.5 Å². The zero-order chi connectivity index (χ0) is 13.2. The summed E-state index contributed by atoms with van der Waals surface area (Å²) in [6.45, 7) is 0.985. The van der Waals surface area contributed by atoms with Crippen molar-refractivity contribution in [3.05, 3.63) is 23.8 Å². The smallest absolute Gasteiger partial charge is 0.254 e. The summed E-state index contributed by atoms with van der Waals surface area (Å²) in [4.78, 5) is 14.5. The van der Waals surface area contributed by atoms with Crippen molar-refractivity contribution in [3.63, 3.8) is 0 Å². The zero-order valence-electron chi connectivity index (χ0n) is 10.6. The van der Waals surface area contributed by atoms with Crippen LogP contribution in [-0.2, 0) is 0 Å². The Labute approximate surface area is 120 Å². The van der Waals surface area contributed by atoms with E-state index in [1.54, 1.807) is 6.07 Å². The van der Waals surface area contributed by atoms with E-state index in [0.29, 0.717) is 23.1 Å². The van der Waals surface area contributed by atoms with Gasteiger partial charge >= 0.3 is 0 Å². The van der Waals surface area contributed by atoms with Gasteiger partial charge in [0.25, 0.3) is 5.91 Å². The van der Waals surface area contributed by atoms with Gasteiger partial charge in [-0.3, -0.25) is 4.79 Å². The second-order valence-corrected chi connectivity index (χ2v) is 5.63. The summed E-state index contributed by atoms with van der Waals surface area (Å²) in [5, 5.41) is 0.805. The molecule has 0 bridgehead atoms. The number of amides is 1. The standard InChI is InChI=1S/C14H16BrNO3/c15-6-7-16(11-2-1-3-11)14(17)10-4-5-12-13(8-10)19-9-18-12/h4-5,8,11H,1-3,6-7,9H2. The van der Waals surface area contributed by atoms with Crippen molar-refractivity contribution in [2.75, 3.05) is 18.7 Å². The van der Waals surface area contributed by atoms with Crippen molar-refractivity contribution >= 4 is 21.8 Å². The number of nitrogens with zero attached hydrogens (tertiary/aromatic N) is 1. The second kappa shape index (κ2) is 5.41. The number of hydrogen-bond donors (Lipinski definition) is 0. The topological polar surface area (TPSA) is 38.8 Å². The molecular formula is C14H16BrNO3. The molecule has 3 rings (SSSR count). The molecule has 1 aromatic carbocycles. The van der Waals surface area contributed by atoms with Gasteiger partial charge in [0.1, 0.15) is 0 Å². The number of carbonyl (C=O) groups is 1. The molecule has 0 N–H and O–H groups in total. The van der Waals surface area contributed by atoms with Crippen molar-refractivity contribution in [2.45, 2.75) is 25.3 Å². The Kier molecular flexibility index (Phi) is 3.64. The van der Waals surface area contributed by atoms with Crippen LogP contribution in [0.5, 0.6) is 11.5 Å². The highest BCUT2D eigenvalue weighted by atomic mass is 79.9. The maximum Gasteiger partial charge on any atom is 0.254 e. The lowest BCUT2D eigenvalue weighted by atomic mass is 9.91. The lowest BCUT2D eigenvalue weighted by Gasteiger charge is -2.37. The molecule has 0 radical (unpaired) electrons. The van der Waals surface area contributed by atoms with Gasteiger partial charge in [0.15, 0.2) is 11.5 Å². The van der Waals surface area contributed by atoms with E-state index >= 15 is 0 Å². The molecule has 0 aromatic heterocycles. The van der Waals surface area contributed by atoms with Gasteiger partial charge in [0.2, 0.25) is 6.79 Å². The summed E-state index contributed by atoms with van der Waals surface area (Å²) in [7, 11) is 0. The van der Waals surface area contributed by atoms with E-state index in [9.17, 15) is 4.79 Å². The van der Waals surface area contributed by atoms with Gasteiger partial charge < -0.3 is 14.4 Å². The minimum Gasteiger partial charge on any atom is -0.454 e. The molecule has 102 valence electrons. The first kappa shape index (κ1) is 12.8. The minimum atomic E-state index is 0.0856. The Hall–Kier alpha value is -1.23. The summed E-state index contributed by atoms with van der Waals surface area (Å²) in [6, 6.07) is 5.80. The molecule has 19 heavy (non-hydrogen) atoms. The molecule has 0 unspecified atom stereocenters. The van der Waals surface area contributed by atoms with Gasteiger partial charge in [-0.05, 0) is 37.5 Å². The number of alkyl halides is 1. The third kappa shape index (κ3) is 2.43. The van der Waals surface area contributed by atoms with Crippen LogP contribution in [0, 0.1) is 0 Å². The van der Waals surface area contributed by atoms with Crippen LogP contribution >= 0.6 is 15.9 Å². The highest BCUT2D eigenvalue weighted by Gasteiger charge is 2.29. The first-order chi connectivity index (χ1) is 9.29. The SMILES string of the molecule is O=C(c1ccc2c(c1)OCO2)N(CCBr)C1CCC1. The Balaban J connectivity index is 1.81. The summed E-state index contributed by atoms with van der Waals surface area (Å²) in [6.07, 6.45) is 3.45. The summed E-state index contributed by atoms with van der Waals surface area (Å²) >= 11 is 3.42. The van der Waals surface area contributed by atoms with Gasteiger partial charge in [-0.2, -0.15) is 0 Å². The highest BCUT2D eigenvalue weighted by molar-refractivity contribution is 9.09. The van der Waals surface area contributed by atoms with Crippen LogP contribution in [0.1, 0.15) is 29.6 Å². The average molecular weight is 326 g/mol. The lowest BCUT2D eigenvalue weighted by Crippen LogP contribution is -2.45. The first-order valence-electron chi connectivity index (χ1n) is 6.56. The van der Waals surface area contributed by atoms with Gasteiger partial charge in [0, 0.05) is 23.5 Å². The lowest BCUT2D eigenvalue weighted by molar-refractivity contribution is 0.0599. The molecule has 2 aliphatic rings. The summed E-state index contributed by atoms with van der Waals surface area (Å²) in [5.41, 5.74) is 0.678. The molecule has 1 aliphatic heterocycles. The molecule has 4 nitrogen and oxygen atoms in total. The van der Waals surface area contributed by atoms with E-state index < -0.39 is 0 Å². The Morgan fingerprint density at radius 3 is 2.79 bits per heavy atom. The van der Waals surface area contributed by atoms with Crippen LogP contribution in [0.25, 0.3) is 0 Å². The third-order valence-electron chi connectivity index (χ3n) is 3.72. The summed E-state index contributed by atoms with van der Waals surface area (Å²) in [5.74, 6) is 1.47. The maximum atomic E-state index is 12.6. The van der Waals surface area contributed by atoms with E-state index in [1.165, 1.54) is 6.42 Å². The quantitative estimate of drug-likeness (QED) is 0.799. The molecule has 5 heteroatoms. The molecule has 1 saturated carbocycles. The van der Waals surface area contributed by atoms with Crippen molar-refractivity contribution < 1.29 is 14.3 Å². The Morgan fingerprint density at radius 2 is 2.11 bits per heavy atom. The predicted octanol–water partition coefficient (Wildman–Crippen LogP) is 2.80. The van der Waals surface area contributed by atoms with Crippen LogP contribution in [0.3, 0.4) is 0 Å². The minimum absolute atomic E-state index is 0.0856. The number of fused-ring (bicyclic) bond motifs is 1. The van der Waals surface area contributed by atoms with E-state index in [0.717, 1.165) is 24.7 Å². The van der Waals surface area contributed by atoms with E-state index in [2.05, 4.69) is 15.9 Å². The molecule has 0 atom stereocenters. The van der Waals surface area contributed by atoms with Crippen molar-refractivity contribution in [2.24, 2.45) is 0 Å². The van der Waals surface area contributed by atoms with Crippen LogP contribution in [0.4, 0.5) is 0 Å². The number of halogens is 1. The molecule has 1 fully saturated rings. The number of carbonyl (C=O) groups excluding carboxylic acids is 1. The Morgan fingerprint density at radius 1 is 1.32 bits per heavy atom. The predicted molar refractivity (Wildman–Crippen MR) is 75.0 cm³/mol. The molecule has 1 heterocycles. The highest BCUT2D eigenvalue weighted by Crippen LogP contribution is 2.33. The Bertz CT molecular complexity index is 488. The van der Waals surface area contributed by atoms with Gasteiger partial charge in [-0.1, -0.05) is 15.9 Å². The van der Waals surface area contributed by atoms with E-state index in [1.807, 2.05) is 17.0 Å². The molecular weight excluding hydrogens is 310 g/mol. The van der Waals surface area contributed by atoms with Gasteiger partial charge in [0.05, 0.1) is 0 Å². The first-order valence-corrected chi connectivity index (χ1v) is 7.68. The number of ether oxygens (including phenoxy) is 2. The van der Waals surface area contributed by atoms with E-state index in [4.69, 9.17) is 9.47 Å². The fraction of sp³-hybridized carbons (Fsp3) is 0.500. The fourth-order valence-electron chi connectivity index (χ4n) is 2.43. The average Bonchev–Trinajstić information content (AvgIpc) is 2.82. The normalized spacial score (nSPS) is 17.1. The van der Waals surface area contributed by atoms with Crippen molar-refractivity contribution in [1.82, 2.24) is 4.90 Å². The second-order valence-electron chi connectivity index (χ2n) is 4.84. The number of benzene rings is 1. The maximum absolute atomic E-state index is 12.6. The number of hydrogen-bond acceptors (Lipinski definition) is 3.